The lowest BCUT2D eigenvalue weighted by Gasteiger charge is -2.29. The molecule has 2 heterocycles. The van der Waals surface area contributed by atoms with Crippen LogP contribution in [0, 0.1) is 27.7 Å². The van der Waals surface area contributed by atoms with E-state index in [1.54, 1.807) is 4.68 Å². The number of thioether (sulfide) groups is 1. The normalized spacial score (nSPS) is 14.5. The Bertz CT molecular complexity index is 1590. The third kappa shape index (κ3) is 5.66. The van der Waals surface area contributed by atoms with Gasteiger partial charge in [0.05, 0.1) is 11.3 Å². The van der Waals surface area contributed by atoms with E-state index in [0.29, 0.717) is 27.9 Å². The fourth-order valence-corrected chi connectivity index (χ4v) is 5.36. The lowest BCUT2D eigenvalue weighted by Crippen LogP contribution is -2.31. The number of Topliss-reactive ketones (excluding diaryl/α,β-unsaturated/α-hetero) is 1. The van der Waals surface area contributed by atoms with Crippen LogP contribution in [0.3, 0.4) is 0 Å². The highest BCUT2D eigenvalue weighted by atomic mass is 32.2. The van der Waals surface area contributed by atoms with Crippen molar-refractivity contribution >= 4 is 35.1 Å². The second kappa shape index (κ2) is 10.9. The number of fused-ring (bicyclic) bond motifs is 1. The van der Waals surface area contributed by atoms with Gasteiger partial charge in [-0.1, -0.05) is 89.1 Å². The van der Waals surface area contributed by atoms with Crippen LogP contribution in [0.25, 0.3) is 0 Å². The average Bonchev–Trinajstić information content (AvgIpc) is 3.31. The molecule has 0 saturated heterocycles. The summed E-state index contributed by atoms with van der Waals surface area (Å²) < 4.78 is 1.74. The van der Waals surface area contributed by atoms with Gasteiger partial charge < -0.3 is 10.6 Å². The van der Waals surface area contributed by atoms with Gasteiger partial charge in [0.25, 0.3) is 5.91 Å². The topological polar surface area (TPSA) is 88.9 Å². The number of amides is 1. The van der Waals surface area contributed by atoms with Crippen LogP contribution in [0.4, 0.5) is 11.6 Å². The van der Waals surface area contributed by atoms with Gasteiger partial charge in [-0.25, -0.2) is 4.68 Å². The van der Waals surface area contributed by atoms with Crippen molar-refractivity contribution in [3.63, 3.8) is 0 Å². The third-order valence-electron chi connectivity index (χ3n) is 6.81. The van der Waals surface area contributed by atoms with Crippen LogP contribution in [-0.4, -0.2) is 32.2 Å². The van der Waals surface area contributed by atoms with Gasteiger partial charge in [0.15, 0.2) is 5.78 Å². The Labute approximate surface area is 232 Å². The van der Waals surface area contributed by atoms with Crippen molar-refractivity contribution < 1.29 is 9.59 Å². The molecular weight excluding hydrogens is 506 g/mol. The first-order chi connectivity index (χ1) is 18.7. The number of aromatic nitrogens is 3. The molecule has 198 valence electrons. The highest BCUT2D eigenvalue weighted by molar-refractivity contribution is 7.99. The molecule has 1 atom stereocenters. The SMILES string of the molecule is CC1=C(C(=O)Nc2ccc(C)cc2C)[C@@H](c2ccc(C)cc2)n2nc(SCC(=O)c3ccc(C)cc3)nc2N1. The molecule has 0 spiro atoms. The van der Waals surface area contributed by atoms with Gasteiger partial charge in [0.1, 0.15) is 6.04 Å². The largest absolute Gasteiger partial charge is 0.328 e. The second-order valence-corrected chi connectivity index (χ2v) is 10.9. The molecular formula is C31H31N5O2S. The molecule has 5 rings (SSSR count). The molecule has 1 aliphatic heterocycles. The van der Waals surface area contributed by atoms with Gasteiger partial charge in [0.2, 0.25) is 11.1 Å². The van der Waals surface area contributed by atoms with Gasteiger partial charge in [-0.3, -0.25) is 9.59 Å². The highest BCUT2D eigenvalue weighted by Crippen LogP contribution is 2.37. The van der Waals surface area contributed by atoms with Gasteiger partial charge in [-0.15, -0.1) is 5.10 Å². The summed E-state index contributed by atoms with van der Waals surface area (Å²) in [4.78, 5) is 31.2. The summed E-state index contributed by atoms with van der Waals surface area (Å²) in [5, 5.41) is 11.6. The molecule has 0 bridgehead atoms. The molecule has 2 N–H and O–H groups in total. The molecule has 8 heteroatoms. The minimum atomic E-state index is -0.484. The van der Waals surface area contributed by atoms with Crippen molar-refractivity contribution in [2.75, 3.05) is 16.4 Å². The zero-order chi connectivity index (χ0) is 27.7. The van der Waals surface area contributed by atoms with Crippen LogP contribution in [0.2, 0.25) is 0 Å². The Hall–Kier alpha value is -4.17. The van der Waals surface area contributed by atoms with E-state index in [0.717, 1.165) is 33.5 Å². The summed E-state index contributed by atoms with van der Waals surface area (Å²) in [6, 6.07) is 21.1. The smallest absolute Gasteiger partial charge is 0.255 e. The van der Waals surface area contributed by atoms with E-state index >= 15 is 0 Å². The van der Waals surface area contributed by atoms with Gasteiger partial charge >= 0.3 is 0 Å². The fourth-order valence-electron chi connectivity index (χ4n) is 4.64. The van der Waals surface area contributed by atoms with E-state index in [1.165, 1.54) is 11.8 Å². The maximum Gasteiger partial charge on any atom is 0.255 e. The summed E-state index contributed by atoms with van der Waals surface area (Å²) in [6.45, 7) is 9.91. The average molecular weight is 538 g/mol. The Morgan fingerprint density at radius 3 is 2.21 bits per heavy atom. The Kier molecular flexibility index (Phi) is 7.39. The number of benzene rings is 3. The number of anilines is 2. The van der Waals surface area contributed by atoms with E-state index < -0.39 is 6.04 Å². The van der Waals surface area contributed by atoms with Crippen molar-refractivity contribution in [3.8, 4) is 0 Å². The summed E-state index contributed by atoms with van der Waals surface area (Å²) in [5.74, 6) is 0.557. The van der Waals surface area contributed by atoms with Crippen LogP contribution < -0.4 is 10.6 Å². The summed E-state index contributed by atoms with van der Waals surface area (Å²) >= 11 is 1.29. The van der Waals surface area contributed by atoms with Gasteiger partial charge in [0, 0.05) is 16.9 Å². The van der Waals surface area contributed by atoms with Crippen molar-refractivity contribution in [1.29, 1.82) is 0 Å². The predicted molar refractivity (Wildman–Crippen MR) is 156 cm³/mol. The van der Waals surface area contributed by atoms with E-state index in [2.05, 4.69) is 15.6 Å². The number of ketones is 1. The number of carbonyl (C=O) groups excluding carboxylic acids is 2. The van der Waals surface area contributed by atoms with Gasteiger partial charge in [-0.05, 0) is 51.8 Å². The van der Waals surface area contributed by atoms with Crippen LogP contribution in [0.5, 0.6) is 0 Å². The van der Waals surface area contributed by atoms with E-state index in [-0.39, 0.29) is 17.4 Å². The minimum absolute atomic E-state index is 0.0126. The number of hydrogen-bond acceptors (Lipinski definition) is 6. The Morgan fingerprint density at radius 2 is 1.54 bits per heavy atom. The molecule has 1 aromatic heterocycles. The van der Waals surface area contributed by atoms with Crippen molar-refractivity contribution in [1.82, 2.24) is 14.8 Å². The molecule has 1 aliphatic rings. The van der Waals surface area contributed by atoms with Crippen molar-refractivity contribution in [2.45, 2.75) is 45.8 Å². The minimum Gasteiger partial charge on any atom is -0.328 e. The number of carbonyl (C=O) groups is 2. The molecule has 1 amide bonds. The fraction of sp³-hybridized carbons (Fsp3) is 0.226. The maximum atomic E-state index is 13.8. The zero-order valence-electron chi connectivity index (χ0n) is 22.7. The summed E-state index contributed by atoms with van der Waals surface area (Å²) in [7, 11) is 0. The summed E-state index contributed by atoms with van der Waals surface area (Å²) in [5.41, 5.74) is 7.98. The molecule has 0 saturated carbocycles. The summed E-state index contributed by atoms with van der Waals surface area (Å²) in [6.07, 6.45) is 0. The van der Waals surface area contributed by atoms with Crippen LogP contribution in [0.1, 0.15) is 51.1 Å². The van der Waals surface area contributed by atoms with E-state index in [4.69, 9.17) is 5.10 Å². The number of allylic oxidation sites excluding steroid dienone is 1. The quantitative estimate of drug-likeness (QED) is 0.209. The Morgan fingerprint density at radius 1 is 0.897 bits per heavy atom. The standard InChI is InChI=1S/C31H31N5O2S/c1-18-6-11-23(12-7-18)26(37)17-39-31-34-30-32-22(5)27(29(38)33-25-15-10-20(3)16-21(25)4)28(36(30)35-31)24-13-8-19(2)9-14-24/h6-16,28H,17H2,1-5H3,(H,33,38)(H,32,34,35)/t28-/m1/s1. The van der Waals surface area contributed by atoms with Crippen molar-refractivity contribution in [3.05, 3.63) is 111 Å². The molecule has 4 aromatic rings. The molecule has 7 nitrogen and oxygen atoms in total. The number of rotatable bonds is 7. The molecule has 0 unspecified atom stereocenters. The number of hydrogen-bond donors (Lipinski definition) is 2. The van der Waals surface area contributed by atoms with E-state index in [9.17, 15) is 9.59 Å². The first kappa shape index (κ1) is 26.4. The highest BCUT2D eigenvalue weighted by Gasteiger charge is 2.34. The monoisotopic (exact) mass is 537 g/mol. The Balaban J connectivity index is 1.45. The molecule has 0 fully saturated rings. The van der Waals surface area contributed by atoms with Crippen molar-refractivity contribution in [2.24, 2.45) is 0 Å². The predicted octanol–water partition coefficient (Wildman–Crippen LogP) is 6.41. The van der Waals surface area contributed by atoms with Gasteiger partial charge in [-0.2, -0.15) is 4.98 Å². The molecule has 3 aromatic carbocycles. The lowest BCUT2D eigenvalue weighted by molar-refractivity contribution is -0.113. The lowest BCUT2D eigenvalue weighted by atomic mass is 9.94. The van der Waals surface area contributed by atoms with Crippen LogP contribution in [0.15, 0.2) is 83.2 Å². The second-order valence-electron chi connectivity index (χ2n) is 9.99. The maximum absolute atomic E-state index is 13.8. The number of aryl methyl sites for hydroxylation is 4. The molecule has 39 heavy (non-hydrogen) atoms. The first-order valence-corrected chi connectivity index (χ1v) is 13.8. The molecule has 0 aliphatic carbocycles. The zero-order valence-corrected chi connectivity index (χ0v) is 23.5. The number of nitrogens with zero attached hydrogens (tertiary/aromatic N) is 3. The molecule has 0 radical (unpaired) electrons. The van der Waals surface area contributed by atoms with Crippen LogP contribution in [-0.2, 0) is 4.79 Å². The first-order valence-electron chi connectivity index (χ1n) is 12.8. The van der Waals surface area contributed by atoms with Crippen LogP contribution >= 0.6 is 11.8 Å². The third-order valence-corrected chi connectivity index (χ3v) is 7.64. The van der Waals surface area contributed by atoms with E-state index in [1.807, 2.05) is 101 Å². The number of nitrogens with one attached hydrogen (secondary N) is 2.